The molecule has 0 aromatic heterocycles. The molecule has 0 radical (unpaired) electrons. The molecule has 3 atom stereocenters. The van der Waals surface area contributed by atoms with Gasteiger partial charge in [0.2, 0.25) is 0 Å². The highest BCUT2D eigenvalue weighted by molar-refractivity contribution is 5.71. The zero-order valence-corrected chi connectivity index (χ0v) is 48.6. The normalized spacial score (nSPS) is 15.2. The molecule has 0 amide bonds. The number of cyclic esters (lactones) is 1. The molecule has 1 fully saturated rings. The summed E-state index contributed by atoms with van der Waals surface area (Å²) in [5.41, 5.74) is 12.4. The molecule has 0 spiro atoms. The molecule has 6 nitrogen and oxygen atoms in total. The van der Waals surface area contributed by atoms with Crippen LogP contribution >= 0.6 is 0 Å². The Morgan fingerprint density at radius 3 is 1.34 bits per heavy atom. The number of esters is 1. The molecule has 0 aliphatic carbocycles. The van der Waals surface area contributed by atoms with E-state index in [0.29, 0.717) is 18.8 Å². The van der Waals surface area contributed by atoms with Crippen molar-refractivity contribution in [3.05, 3.63) is 128 Å². The maximum atomic E-state index is 11.4. The summed E-state index contributed by atoms with van der Waals surface area (Å²) in [5.74, 6) is 1.08. The van der Waals surface area contributed by atoms with E-state index < -0.39 is 0 Å². The van der Waals surface area contributed by atoms with E-state index in [1.54, 1.807) is 0 Å². The van der Waals surface area contributed by atoms with Crippen molar-refractivity contribution in [3.63, 3.8) is 0 Å². The lowest BCUT2D eigenvalue weighted by atomic mass is 9.69. The standard InChI is InChI=1S/C36H54O4.C31H48O2/c1-8-11-12-13-22-35(6,7)33(37)20-15-28-14-16-29(23-26(28)4)36(9-2,10-3)30-17-19-32(27(5)24-30)39-25-31-18-21-34(38)40-31;1-8-11-12-13-20-30(6,7)29(33)19-15-25-14-16-26(21-23(25)4)31(9-2,10-3)27-17-18-28(32)24(5)22-27/h14,16-17,19,23-24,31,33,37H,8-13,15,18,20-22,25H2,1-7H3;14,16-18,21-22,29,32-33H,8-13,15,19-20H2,1-7H3/t31-,33?;/m0./s1. The molecule has 406 valence electrons. The van der Waals surface area contributed by atoms with E-state index in [0.717, 1.165) is 87.5 Å². The van der Waals surface area contributed by atoms with Crippen LogP contribution in [0.2, 0.25) is 0 Å². The summed E-state index contributed by atoms with van der Waals surface area (Å²) >= 11 is 0. The van der Waals surface area contributed by atoms with Crippen molar-refractivity contribution in [1.82, 2.24) is 0 Å². The van der Waals surface area contributed by atoms with Crippen molar-refractivity contribution in [3.8, 4) is 11.5 Å². The number of hydrogen-bond acceptors (Lipinski definition) is 6. The van der Waals surface area contributed by atoms with Crippen LogP contribution < -0.4 is 4.74 Å². The van der Waals surface area contributed by atoms with Crippen LogP contribution in [0.15, 0.2) is 72.8 Å². The maximum absolute atomic E-state index is 11.4. The van der Waals surface area contributed by atoms with E-state index in [4.69, 9.17) is 9.47 Å². The van der Waals surface area contributed by atoms with Gasteiger partial charge in [0.15, 0.2) is 0 Å². The van der Waals surface area contributed by atoms with Gasteiger partial charge in [-0.15, -0.1) is 0 Å². The maximum Gasteiger partial charge on any atom is 0.306 e. The molecule has 3 N–H and O–H groups in total. The quantitative estimate of drug-likeness (QED) is 0.0370. The molecule has 4 aromatic rings. The Labute approximate surface area is 445 Å². The predicted octanol–water partition coefficient (Wildman–Crippen LogP) is 17.2. The number of aryl methyl sites for hydroxylation is 6. The number of phenolic OH excluding ortho intramolecular Hbond substituents is 1. The van der Waals surface area contributed by atoms with Gasteiger partial charge in [0, 0.05) is 17.3 Å². The number of rotatable bonds is 29. The molecule has 6 heteroatoms. The Bertz CT molecular complexity index is 2290. The number of carbonyl (C=O) groups is 1. The van der Waals surface area contributed by atoms with E-state index in [1.807, 2.05) is 13.0 Å². The van der Waals surface area contributed by atoms with Gasteiger partial charge in [0.25, 0.3) is 0 Å². The molecule has 1 heterocycles. The summed E-state index contributed by atoms with van der Waals surface area (Å²) in [4.78, 5) is 11.4. The highest BCUT2D eigenvalue weighted by atomic mass is 16.6. The van der Waals surface area contributed by atoms with Crippen molar-refractivity contribution >= 4 is 5.97 Å². The van der Waals surface area contributed by atoms with Crippen LogP contribution in [0.3, 0.4) is 0 Å². The fourth-order valence-electron chi connectivity index (χ4n) is 11.7. The molecule has 1 aliphatic heterocycles. The third kappa shape index (κ3) is 16.4. The van der Waals surface area contributed by atoms with Crippen LogP contribution in [-0.2, 0) is 33.2 Å². The van der Waals surface area contributed by atoms with Crippen LogP contribution in [-0.4, -0.2) is 46.2 Å². The van der Waals surface area contributed by atoms with Crippen LogP contribution in [0.4, 0.5) is 0 Å². The van der Waals surface area contributed by atoms with Gasteiger partial charge in [-0.2, -0.15) is 0 Å². The molecular formula is C67H102O6. The second-order valence-electron chi connectivity index (χ2n) is 23.5. The number of unbranched alkanes of at least 4 members (excludes halogenated alkanes) is 6. The first-order valence-corrected chi connectivity index (χ1v) is 29.0. The molecule has 0 saturated carbocycles. The summed E-state index contributed by atoms with van der Waals surface area (Å²) in [5, 5.41) is 32.0. The molecule has 2 unspecified atom stereocenters. The van der Waals surface area contributed by atoms with Gasteiger partial charge in [-0.05, 0) is 177 Å². The Kier molecular flexibility index (Phi) is 24.1. The summed E-state index contributed by atoms with van der Waals surface area (Å²) < 4.78 is 11.4. The van der Waals surface area contributed by atoms with Crippen LogP contribution in [0, 0.1) is 38.5 Å². The number of carbonyl (C=O) groups excluding carboxylic acids is 1. The monoisotopic (exact) mass is 1000 g/mol. The lowest BCUT2D eigenvalue weighted by Crippen LogP contribution is -2.30. The highest BCUT2D eigenvalue weighted by Crippen LogP contribution is 2.43. The van der Waals surface area contributed by atoms with Gasteiger partial charge in [0.1, 0.15) is 24.2 Å². The number of benzene rings is 4. The average molecular weight is 1000 g/mol. The topological polar surface area (TPSA) is 96.2 Å². The Morgan fingerprint density at radius 1 is 0.562 bits per heavy atom. The average Bonchev–Trinajstić information content (AvgIpc) is 3.79. The van der Waals surface area contributed by atoms with Crippen molar-refractivity contribution in [1.29, 1.82) is 0 Å². The minimum atomic E-state index is -0.289. The summed E-state index contributed by atoms with van der Waals surface area (Å²) in [7, 11) is 0. The summed E-state index contributed by atoms with van der Waals surface area (Å²) in [6.45, 7) is 31.3. The largest absolute Gasteiger partial charge is 0.508 e. The van der Waals surface area contributed by atoms with Gasteiger partial charge in [0.05, 0.1) is 12.2 Å². The number of ether oxygens (including phenoxy) is 2. The summed E-state index contributed by atoms with van der Waals surface area (Å²) in [6.07, 6.45) is 20.1. The van der Waals surface area contributed by atoms with Crippen LogP contribution in [0.5, 0.6) is 11.5 Å². The predicted molar refractivity (Wildman–Crippen MR) is 307 cm³/mol. The number of aliphatic hydroxyl groups excluding tert-OH is 2. The van der Waals surface area contributed by atoms with Crippen molar-refractivity contribution < 1.29 is 29.6 Å². The fraction of sp³-hybridized carbons (Fsp3) is 0.627. The zero-order valence-electron chi connectivity index (χ0n) is 48.6. The minimum absolute atomic E-state index is 0.0299. The van der Waals surface area contributed by atoms with Crippen LogP contribution in [0.1, 0.15) is 240 Å². The second kappa shape index (κ2) is 28.7. The number of phenols is 1. The molecular weight excluding hydrogens is 901 g/mol. The first-order valence-electron chi connectivity index (χ1n) is 29.0. The van der Waals surface area contributed by atoms with Crippen molar-refractivity contribution in [2.24, 2.45) is 10.8 Å². The third-order valence-corrected chi connectivity index (χ3v) is 17.6. The van der Waals surface area contributed by atoms with E-state index in [9.17, 15) is 20.1 Å². The molecule has 4 aromatic carbocycles. The smallest absolute Gasteiger partial charge is 0.306 e. The zero-order chi connectivity index (χ0) is 54.0. The SMILES string of the molecule is CCCCCCC(C)(C)C(O)CCc1ccc(C(CC)(CC)c2ccc(O)c(C)c2)cc1C.CCCCCCC(C)(C)C(O)CCc1ccc(C(CC)(CC)c2ccc(OC[C@@H]3CCC(=O)O3)c(C)c2)cc1C. The van der Waals surface area contributed by atoms with Gasteiger partial charge in [-0.25, -0.2) is 0 Å². The van der Waals surface area contributed by atoms with Gasteiger partial charge >= 0.3 is 5.97 Å². The molecule has 73 heavy (non-hydrogen) atoms. The van der Waals surface area contributed by atoms with Crippen LogP contribution in [0.25, 0.3) is 0 Å². The van der Waals surface area contributed by atoms with Gasteiger partial charge in [-0.1, -0.05) is 181 Å². The minimum Gasteiger partial charge on any atom is -0.508 e. The Balaban J connectivity index is 0.000000323. The Hall–Kier alpha value is -4.13. The van der Waals surface area contributed by atoms with E-state index in [-0.39, 0.29) is 45.9 Å². The molecule has 5 rings (SSSR count). The number of hydrogen-bond donors (Lipinski definition) is 3. The molecule has 0 bridgehead atoms. The molecule has 1 aliphatic rings. The fourth-order valence-corrected chi connectivity index (χ4v) is 11.7. The van der Waals surface area contributed by atoms with Crippen molar-refractivity contribution in [2.45, 2.75) is 254 Å². The highest BCUT2D eigenvalue weighted by Gasteiger charge is 2.34. The first-order chi connectivity index (χ1) is 34.7. The second-order valence-corrected chi connectivity index (χ2v) is 23.5. The molecule has 1 saturated heterocycles. The van der Waals surface area contributed by atoms with Gasteiger partial charge in [-0.3, -0.25) is 4.79 Å². The van der Waals surface area contributed by atoms with E-state index in [2.05, 4.69) is 157 Å². The third-order valence-electron chi connectivity index (χ3n) is 17.6. The lowest BCUT2D eigenvalue weighted by Gasteiger charge is -2.34. The first kappa shape index (κ1) is 61.4. The number of aromatic hydroxyl groups is 1. The Morgan fingerprint density at radius 2 is 0.973 bits per heavy atom. The van der Waals surface area contributed by atoms with Gasteiger partial charge < -0.3 is 24.8 Å². The number of aliphatic hydroxyl groups is 2. The van der Waals surface area contributed by atoms with E-state index in [1.165, 1.54) is 95.9 Å². The van der Waals surface area contributed by atoms with E-state index >= 15 is 0 Å². The van der Waals surface area contributed by atoms with Crippen molar-refractivity contribution in [2.75, 3.05) is 6.61 Å². The summed E-state index contributed by atoms with van der Waals surface area (Å²) in [6, 6.07) is 26.5. The lowest BCUT2D eigenvalue weighted by molar-refractivity contribution is -0.142.